The number of sulfone groups is 1. The van der Waals surface area contributed by atoms with Crippen molar-refractivity contribution in [2.45, 2.75) is 42.2 Å². The summed E-state index contributed by atoms with van der Waals surface area (Å²) in [5.74, 6) is 0.864. The number of piperidine rings is 1. The van der Waals surface area contributed by atoms with Crippen molar-refractivity contribution in [2.24, 2.45) is 0 Å². The number of nitrogens with zero attached hydrogens (tertiary/aromatic N) is 4. The Morgan fingerprint density at radius 3 is 2.59 bits per heavy atom. The number of thiophene rings is 1. The lowest BCUT2D eigenvalue weighted by Gasteiger charge is -2.34. The molecule has 3 N–H and O–H groups in total. The van der Waals surface area contributed by atoms with Crippen LogP contribution in [0, 0.1) is 0 Å². The molecular formula is C27H36ClN7O4S2. The third kappa shape index (κ3) is 7.66. The van der Waals surface area contributed by atoms with Crippen LogP contribution in [0.4, 0.5) is 28.8 Å². The van der Waals surface area contributed by atoms with Gasteiger partial charge in [-0.05, 0) is 64.4 Å². The van der Waals surface area contributed by atoms with Crippen molar-refractivity contribution in [3.63, 3.8) is 0 Å². The number of carbonyl (C=O) groups is 1. The molecule has 41 heavy (non-hydrogen) atoms. The van der Waals surface area contributed by atoms with Crippen molar-refractivity contribution in [2.75, 3.05) is 56.8 Å². The van der Waals surface area contributed by atoms with E-state index in [2.05, 4.69) is 49.8 Å². The Morgan fingerprint density at radius 1 is 1.20 bits per heavy atom. The average Bonchev–Trinajstić information content (AvgIpc) is 3.40. The molecule has 2 aromatic heterocycles. The van der Waals surface area contributed by atoms with Crippen LogP contribution in [-0.4, -0.2) is 86.2 Å². The minimum atomic E-state index is -3.49. The summed E-state index contributed by atoms with van der Waals surface area (Å²) >= 11 is 7.47. The fourth-order valence-electron chi connectivity index (χ4n) is 4.46. The number of nitrogens with one attached hydrogen (secondary N) is 3. The predicted molar refractivity (Wildman–Crippen MR) is 165 cm³/mol. The molecule has 0 bridgehead atoms. The maximum atomic E-state index is 12.7. The maximum Gasteiger partial charge on any atom is 0.238 e. The summed E-state index contributed by atoms with van der Waals surface area (Å²) in [4.78, 5) is 25.8. The fraction of sp³-hybridized carbons (Fsp3) is 0.444. The fourth-order valence-corrected chi connectivity index (χ4v) is 7.30. The summed E-state index contributed by atoms with van der Waals surface area (Å²) in [6.07, 6.45) is 3.51. The largest absolute Gasteiger partial charge is 0.494 e. The molecule has 0 saturated carbocycles. The smallest absolute Gasteiger partial charge is 0.238 e. The summed E-state index contributed by atoms with van der Waals surface area (Å²) in [6, 6.07) is 7.48. The molecule has 222 valence electrons. The Kier molecular flexibility index (Phi) is 10.1. The van der Waals surface area contributed by atoms with Gasteiger partial charge in [0.2, 0.25) is 11.9 Å². The molecule has 0 unspecified atom stereocenters. The van der Waals surface area contributed by atoms with Gasteiger partial charge in [0.05, 0.1) is 36.5 Å². The lowest BCUT2D eigenvalue weighted by Crippen LogP contribution is -2.44. The lowest BCUT2D eigenvalue weighted by molar-refractivity contribution is -0.117. The first-order valence-corrected chi connectivity index (χ1v) is 16.0. The van der Waals surface area contributed by atoms with E-state index in [1.807, 2.05) is 0 Å². The zero-order chi connectivity index (χ0) is 29.7. The Balaban J connectivity index is 1.43. The van der Waals surface area contributed by atoms with Crippen LogP contribution < -0.4 is 20.7 Å². The van der Waals surface area contributed by atoms with Crippen LogP contribution in [0.15, 0.2) is 40.1 Å². The van der Waals surface area contributed by atoms with Crippen LogP contribution in [0.2, 0.25) is 5.02 Å². The van der Waals surface area contributed by atoms with Crippen molar-refractivity contribution < 1.29 is 17.9 Å². The Bertz CT molecular complexity index is 1470. The molecule has 3 aromatic rings. The van der Waals surface area contributed by atoms with E-state index in [-0.39, 0.29) is 26.9 Å². The van der Waals surface area contributed by atoms with E-state index >= 15 is 0 Å². The number of rotatable bonds is 11. The van der Waals surface area contributed by atoms with Crippen LogP contribution in [0.25, 0.3) is 0 Å². The van der Waals surface area contributed by atoms with Gasteiger partial charge in [0, 0.05) is 30.9 Å². The van der Waals surface area contributed by atoms with Gasteiger partial charge in [0.1, 0.15) is 15.0 Å². The molecule has 1 aliphatic rings. The van der Waals surface area contributed by atoms with E-state index in [0.717, 1.165) is 37.3 Å². The highest BCUT2D eigenvalue weighted by Crippen LogP contribution is 2.35. The monoisotopic (exact) mass is 621 g/mol. The highest BCUT2D eigenvalue weighted by atomic mass is 35.5. The molecule has 0 spiro atoms. The number of hydrogen-bond donors (Lipinski definition) is 3. The van der Waals surface area contributed by atoms with E-state index in [1.54, 1.807) is 43.5 Å². The van der Waals surface area contributed by atoms with Gasteiger partial charge in [-0.3, -0.25) is 9.69 Å². The molecule has 0 aliphatic carbocycles. The summed E-state index contributed by atoms with van der Waals surface area (Å²) in [5.41, 5.74) is 1.58. The van der Waals surface area contributed by atoms with Gasteiger partial charge in [-0.1, -0.05) is 11.6 Å². The number of likely N-dealkylation sites (tertiary alicyclic amines) is 1. The van der Waals surface area contributed by atoms with Gasteiger partial charge in [-0.25, -0.2) is 13.4 Å². The minimum absolute atomic E-state index is 0.0832. The van der Waals surface area contributed by atoms with E-state index in [9.17, 15) is 13.2 Å². The van der Waals surface area contributed by atoms with Gasteiger partial charge in [-0.2, -0.15) is 4.98 Å². The third-order valence-corrected chi connectivity index (χ3v) is 10.8. The normalized spacial score (nSPS) is 14.8. The van der Waals surface area contributed by atoms with Gasteiger partial charge in [-0.15, -0.1) is 11.3 Å². The quantitative estimate of drug-likeness (QED) is 0.274. The number of amides is 1. The van der Waals surface area contributed by atoms with Crippen LogP contribution in [-0.2, 0) is 14.6 Å². The molecular weight excluding hydrogens is 586 g/mol. The number of carbonyl (C=O) groups excluding carboxylic acids is 1. The number of benzene rings is 1. The van der Waals surface area contributed by atoms with Crippen LogP contribution >= 0.6 is 22.9 Å². The number of halogens is 1. The number of methoxy groups -OCH3 is 1. The summed E-state index contributed by atoms with van der Waals surface area (Å²) in [6.45, 7) is 5.39. The first-order valence-electron chi connectivity index (χ1n) is 13.2. The summed E-state index contributed by atoms with van der Waals surface area (Å²) in [5, 5.41) is 10.4. The van der Waals surface area contributed by atoms with Gasteiger partial charge in [0.25, 0.3) is 0 Å². The highest BCUT2D eigenvalue weighted by molar-refractivity contribution is 7.94. The average molecular weight is 622 g/mol. The van der Waals surface area contributed by atoms with Gasteiger partial charge < -0.3 is 25.6 Å². The lowest BCUT2D eigenvalue weighted by atomic mass is 10.0. The summed E-state index contributed by atoms with van der Waals surface area (Å²) in [7, 11) is 2.23. The standard InChI is InChI=1S/C27H36ClN7O4S2/c1-17(2)41(37,38)26-22(10-13-40-26)31-25-20(28)15-29-27(33-25)32-21-7-6-18(14-23(21)39-5)30-24(36)16-35-11-8-19(9-12-35)34(3)4/h6-7,10,13-15,17,19H,8-9,11-12,16H2,1-5H3,(H,30,36)(H2,29,31,32,33). The van der Waals surface area contributed by atoms with Crippen molar-refractivity contribution in [1.29, 1.82) is 0 Å². The van der Waals surface area contributed by atoms with E-state index in [1.165, 1.54) is 13.3 Å². The minimum Gasteiger partial charge on any atom is -0.494 e. The molecule has 11 nitrogen and oxygen atoms in total. The first kappa shape index (κ1) is 31.0. The third-order valence-electron chi connectivity index (χ3n) is 6.89. The van der Waals surface area contributed by atoms with Crippen molar-refractivity contribution in [1.82, 2.24) is 19.8 Å². The van der Waals surface area contributed by atoms with Crippen molar-refractivity contribution in [3.8, 4) is 5.75 Å². The molecule has 3 heterocycles. The summed E-state index contributed by atoms with van der Waals surface area (Å²) < 4.78 is 31.3. The zero-order valence-corrected chi connectivity index (χ0v) is 26.2. The van der Waals surface area contributed by atoms with E-state index in [0.29, 0.717) is 35.4 Å². The Labute approximate surface area is 250 Å². The predicted octanol–water partition coefficient (Wildman–Crippen LogP) is 4.83. The van der Waals surface area contributed by atoms with E-state index < -0.39 is 15.1 Å². The Morgan fingerprint density at radius 2 is 1.93 bits per heavy atom. The molecule has 0 radical (unpaired) electrons. The topological polar surface area (TPSA) is 129 Å². The van der Waals surface area contributed by atoms with Crippen LogP contribution in [0.1, 0.15) is 26.7 Å². The molecule has 1 amide bonds. The first-order chi connectivity index (χ1) is 19.5. The zero-order valence-electron chi connectivity index (χ0n) is 23.8. The number of hydrogen-bond acceptors (Lipinski definition) is 11. The number of aromatic nitrogens is 2. The van der Waals surface area contributed by atoms with Gasteiger partial charge >= 0.3 is 0 Å². The molecule has 1 aromatic carbocycles. The van der Waals surface area contributed by atoms with E-state index in [4.69, 9.17) is 16.3 Å². The number of anilines is 5. The van der Waals surface area contributed by atoms with Crippen molar-refractivity contribution in [3.05, 3.63) is 40.9 Å². The molecule has 1 fully saturated rings. The van der Waals surface area contributed by atoms with Crippen LogP contribution in [0.3, 0.4) is 0 Å². The molecule has 1 aliphatic heterocycles. The maximum absolute atomic E-state index is 12.7. The van der Waals surface area contributed by atoms with Gasteiger partial charge in [0.15, 0.2) is 15.7 Å². The SMILES string of the molecule is COc1cc(NC(=O)CN2CCC(N(C)C)CC2)ccc1Nc1ncc(Cl)c(Nc2ccsc2S(=O)(=O)C(C)C)n1. The number of ether oxygens (including phenoxy) is 1. The Hall–Kier alpha value is -2.97. The second-order valence-electron chi connectivity index (χ2n) is 10.3. The molecule has 4 rings (SSSR count). The molecule has 0 atom stereocenters. The molecule has 1 saturated heterocycles. The highest BCUT2D eigenvalue weighted by Gasteiger charge is 2.25. The van der Waals surface area contributed by atoms with Crippen LogP contribution in [0.5, 0.6) is 5.75 Å². The second kappa shape index (κ2) is 13.3. The second-order valence-corrected chi connectivity index (χ2v) is 14.3. The molecule has 14 heteroatoms. The van der Waals surface area contributed by atoms with Crippen molar-refractivity contribution >= 4 is 67.5 Å².